The predicted octanol–water partition coefficient (Wildman–Crippen LogP) is 7.16. The highest BCUT2D eigenvalue weighted by Gasteiger charge is 2.36. The molecule has 1 N–H and O–H groups in total. The van der Waals surface area contributed by atoms with Gasteiger partial charge in [0.25, 0.3) is 0 Å². The summed E-state index contributed by atoms with van der Waals surface area (Å²) < 4.78 is -3.56. The number of hydrogen-bond donors (Lipinski definition) is 1. The van der Waals surface area contributed by atoms with E-state index in [0.29, 0.717) is 5.69 Å². The molecule has 0 aromatic heterocycles. The van der Waals surface area contributed by atoms with Gasteiger partial charge in [-0.2, -0.15) is 10.2 Å². The molecule has 146 valence electrons. The van der Waals surface area contributed by atoms with Crippen LogP contribution in [0.5, 0.6) is 0 Å². The van der Waals surface area contributed by atoms with Crippen LogP contribution in [0.2, 0.25) is 0 Å². The largest absolute Gasteiger partial charge is 0.278 e. The maximum Gasteiger partial charge on any atom is 0.234 e. The lowest BCUT2D eigenvalue weighted by atomic mass is 10.1. The molecule has 3 rings (SSSR count). The molecular formula is C19H13Cl6N3. The second-order valence-electron chi connectivity index (χ2n) is 5.77. The van der Waals surface area contributed by atoms with Crippen molar-refractivity contribution in [3.8, 4) is 0 Å². The molecule has 0 bridgehead atoms. The average molecular weight is 496 g/mol. The number of halogens is 6. The fourth-order valence-electron chi connectivity index (χ4n) is 2.41. The number of allylic oxidation sites excluding steroid dienone is 2. The van der Waals surface area contributed by atoms with Gasteiger partial charge in [-0.05, 0) is 17.7 Å². The first-order valence-electron chi connectivity index (χ1n) is 7.98. The molecule has 28 heavy (non-hydrogen) atoms. The summed E-state index contributed by atoms with van der Waals surface area (Å²) >= 11 is 36.2. The molecule has 0 amide bonds. The van der Waals surface area contributed by atoms with Crippen LogP contribution < -0.4 is 10.5 Å². The van der Waals surface area contributed by atoms with Crippen LogP contribution in [0, 0.1) is 0 Å². The monoisotopic (exact) mass is 493 g/mol. The second kappa shape index (κ2) is 8.74. The van der Waals surface area contributed by atoms with Crippen molar-refractivity contribution >= 4 is 93.2 Å². The second-order valence-corrected chi connectivity index (χ2v) is 10.3. The van der Waals surface area contributed by atoms with E-state index < -0.39 is 7.59 Å². The standard InChI is InChI=1S/C19H13Cl6N3/c20-18(21,22)16-12-17(19(23,24)25)27-28(26-16)15-9-5-4-8-14(15)11-10-13-6-2-1-3-7-13/h1-12,26H. The summed E-state index contributed by atoms with van der Waals surface area (Å²) in [5.74, 6) is 0. The van der Waals surface area contributed by atoms with Gasteiger partial charge in [0, 0.05) is 5.56 Å². The first kappa shape index (κ1) is 21.6. The number of nitrogens with zero attached hydrogens (tertiary/aromatic N) is 2. The van der Waals surface area contributed by atoms with Gasteiger partial charge in [-0.15, -0.1) is 0 Å². The molecule has 0 spiro atoms. The Bertz CT molecular complexity index is 927. The van der Waals surface area contributed by atoms with Crippen molar-refractivity contribution < 1.29 is 0 Å². The van der Waals surface area contributed by atoms with Crippen LogP contribution in [-0.4, -0.2) is 13.3 Å². The molecule has 1 aliphatic heterocycles. The number of para-hydroxylation sites is 1. The van der Waals surface area contributed by atoms with Gasteiger partial charge >= 0.3 is 0 Å². The summed E-state index contributed by atoms with van der Waals surface area (Å²) in [5.41, 5.74) is 5.86. The minimum absolute atomic E-state index is 0.111. The molecular weight excluding hydrogens is 483 g/mol. The predicted molar refractivity (Wildman–Crippen MR) is 124 cm³/mol. The highest BCUT2D eigenvalue weighted by Crippen LogP contribution is 2.38. The fraction of sp³-hybridized carbons (Fsp3) is 0.105. The van der Waals surface area contributed by atoms with Gasteiger partial charge in [0.15, 0.2) is 0 Å². The number of benzene rings is 2. The number of alkyl halides is 6. The lowest BCUT2D eigenvalue weighted by Crippen LogP contribution is -2.43. The minimum Gasteiger partial charge on any atom is -0.278 e. The Morgan fingerprint density at radius 3 is 2.07 bits per heavy atom. The molecule has 0 fully saturated rings. The maximum absolute atomic E-state index is 6.04. The Hall–Kier alpha value is -1.07. The van der Waals surface area contributed by atoms with Gasteiger partial charge in [0.05, 0.1) is 11.4 Å². The molecule has 2 aromatic carbocycles. The van der Waals surface area contributed by atoms with E-state index in [0.717, 1.165) is 11.1 Å². The molecule has 3 nitrogen and oxygen atoms in total. The van der Waals surface area contributed by atoms with E-state index in [9.17, 15) is 0 Å². The van der Waals surface area contributed by atoms with Crippen molar-refractivity contribution in [2.24, 2.45) is 5.10 Å². The quantitative estimate of drug-likeness (QED) is 0.361. The van der Waals surface area contributed by atoms with E-state index in [1.165, 1.54) is 11.2 Å². The smallest absolute Gasteiger partial charge is 0.234 e. The van der Waals surface area contributed by atoms with Crippen molar-refractivity contribution in [2.75, 3.05) is 5.12 Å². The average Bonchev–Trinajstić information content (AvgIpc) is 2.66. The van der Waals surface area contributed by atoms with Crippen LogP contribution in [0.3, 0.4) is 0 Å². The molecule has 0 aliphatic carbocycles. The number of nitrogens with one attached hydrogen (secondary N) is 1. The lowest BCUT2D eigenvalue weighted by Gasteiger charge is -2.32. The molecule has 9 heteroatoms. The van der Waals surface area contributed by atoms with Gasteiger partial charge in [0.2, 0.25) is 7.59 Å². The third kappa shape index (κ3) is 5.50. The topological polar surface area (TPSA) is 27.6 Å². The Labute approximate surface area is 193 Å². The molecule has 1 aliphatic rings. The summed E-state index contributed by atoms with van der Waals surface area (Å²) in [5, 5.41) is 5.78. The highest BCUT2D eigenvalue weighted by atomic mass is 35.6. The van der Waals surface area contributed by atoms with Crippen molar-refractivity contribution in [2.45, 2.75) is 7.59 Å². The summed E-state index contributed by atoms with van der Waals surface area (Å²) in [7, 11) is 0. The fourth-order valence-corrected chi connectivity index (χ4v) is 2.98. The van der Waals surface area contributed by atoms with Crippen molar-refractivity contribution in [1.82, 2.24) is 5.43 Å². The summed E-state index contributed by atoms with van der Waals surface area (Å²) in [6.07, 6.45) is 5.33. The van der Waals surface area contributed by atoms with E-state index in [1.54, 1.807) is 0 Å². The van der Waals surface area contributed by atoms with E-state index >= 15 is 0 Å². The number of hydrazone groups is 1. The van der Waals surface area contributed by atoms with Gasteiger partial charge in [-0.25, -0.2) is 0 Å². The molecule has 0 atom stereocenters. The Balaban J connectivity index is 2.00. The molecule has 2 aromatic rings. The van der Waals surface area contributed by atoms with Crippen molar-refractivity contribution in [3.63, 3.8) is 0 Å². The number of anilines is 1. The van der Waals surface area contributed by atoms with E-state index in [2.05, 4.69) is 10.5 Å². The third-order valence-corrected chi connectivity index (χ3v) is 4.92. The Morgan fingerprint density at radius 2 is 1.43 bits per heavy atom. The summed E-state index contributed by atoms with van der Waals surface area (Å²) in [4.78, 5) is 0. The molecule has 0 radical (unpaired) electrons. The maximum atomic E-state index is 6.04. The molecule has 1 heterocycles. The van der Waals surface area contributed by atoms with Crippen LogP contribution in [0.15, 0.2) is 71.5 Å². The highest BCUT2D eigenvalue weighted by molar-refractivity contribution is 6.78. The molecule has 0 saturated carbocycles. The van der Waals surface area contributed by atoms with Gasteiger partial charge in [0.1, 0.15) is 5.71 Å². The van der Waals surface area contributed by atoms with Crippen LogP contribution in [0.4, 0.5) is 5.69 Å². The van der Waals surface area contributed by atoms with Crippen molar-refractivity contribution in [3.05, 3.63) is 77.5 Å². The molecule has 0 saturated heterocycles. The Kier molecular flexibility index (Phi) is 6.76. The zero-order valence-corrected chi connectivity index (χ0v) is 18.6. The molecule has 0 unspecified atom stereocenters. The van der Waals surface area contributed by atoms with E-state index in [-0.39, 0.29) is 11.4 Å². The SMILES string of the molecule is ClC(Cl)(Cl)C1=CC(C(Cl)(Cl)Cl)=NN(c2ccccc2C=Cc2ccccc2)N1. The van der Waals surface area contributed by atoms with Crippen LogP contribution in [0.1, 0.15) is 11.1 Å². The summed E-state index contributed by atoms with van der Waals surface area (Å²) in [6, 6.07) is 17.4. The third-order valence-electron chi connectivity index (χ3n) is 3.73. The van der Waals surface area contributed by atoms with Crippen LogP contribution in [-0.2, 0) is 0 Å². The first-order valence-corrected chi connectivity index (χ1v) is 10.2. The van der Waals surface area contributed by atoms with E-state index in [4.69, 9.17) is 69.6 Å². The first-order chi connectivity index (χ1) is 13.1. The Morgan fingerprint density at radius 1 is 0.786 bits per heavy atom. The normalized spacial score (nSPS) is 15.3. The number of hydrazine groups is 1. The lowest BCUT2D eigenvalue weighted by molar-refractivity contribution is 0.712. The van der Waals surface area contributed by atoms with Crippen LogP contribution >= 0.6 is 69.6 Å². The van der Waals surface area contributed by atoms with Crippen molar-refractivity contribution in [1.29, 1.82) is 0 Å². The van der Waals surface area contributed by atoms with E-state index in [1.807, 2.05) is 66.7 Å². The van der Waals surface area contributed by atoms with Gasteiger partial charge in [-0.3, -0.25) is 5.43 Å². The van der Waals surface area contributed by atoms with Gasteiger partial charge in [-0.1, -0.05) is 130 Å². The summed E-state index contributed by atoms with van der Waals surface area (Å²) in [6.45, 7) is 0. The zero-order chi connectivity index (χ0) is 20.4. The zero-order valence-electron chi connectivity index (χ0n) is 14.1. The number of rotatable bonds is 3. The van der Waals surface area contributed by atoms with Gasteiger partial charge < -0.3 is 0 Å². The van der Waals surface area contributed by atoms with Crippen LogP contribution in [0.25, 0.3) is 12.2 Å². The minimum atomic E-state index is -1.80. The number of hydrogen-bond acceptors (Lipinski definition) is 3.